The van der Waals surface area contributed by atoms with Crippen LogP contribution in [0.3, 0.4) is 0 Å². The topological polar surface area (TPSA) is 0 Å². The van der Waals surface area contributed by atoms with Crippen LogP contribution in [-0.4, -0.2) is 0 Å². The Bertz CT molecular complexity index is 170. The van der Waals surface area contributed by atoms with Crippen LogP contribution < -0.4 is 0 Å². The molecule has 11 heavy (non-hydrogen) atoms. The number of allylic oxidation sites excluding steroid dienone is 8. The van der Waals surface area contributed by atoms with Gasteiger partial charge in [-0.1, -0.05) is 42.5 Å². The van der Waals surface area contributed by atoms with Crippen LogP contribution in [0.1, 0.15) is 19.3 Å². The summed E-state index contributed by atoms with van der Waals surface area (Å²) >= 11 is 0. The predicted molar refractivity (Wildman–Crippen MR) is 49.1 cm³/mol. The van der Waals surface area contributed by atoms with Crippen LogP contribution in [0.25, 0.3) is 0 Å². The van der Waals surface area contributed by atoms with Crippen molar-refractivity contribution in [2.24, 2.45) is 0 Å². The summed E-state index contributed by atoms with van der Waals surface area (Å²) in [7, 11) is 0. The molecule has 0 aromatic rings. The SMILES string of the molecule is [C]1=CCC=CC=CCC=CC1. The van der Waals surface area contributed by atoms with Gasteiger partial charge in [0.15, 0.2) is 0 Å². The van der Waals surface area contributed by atoms with Crippen LogP contribution in [0.5, 0.6) is 0 Å². The molecular formula is C11H13. The highest BCUT2D eigenvalue weighted by atomic mass is 13.8. The van der Waals surface area contributed by atoms with E-state index in [4.69, 9.17) is 0 Å². The van der Waals surface area contributed by atoms with Gasteiger partial charge >= 0.3 is 0 Å². The summed E-state index contributed by atoms with van der Waals surface area (Å²) in [4.78, 5) is 0. The van der Waals surface area contributed by atoms with Crippen LogP contribution in [0.15, 0.2) is 42.5 Å². The van der Waals surface area contributed by atoms with Crippen LogP contribution >= 0.6 is 0 Å². The average molecular weight is 145 g/mol. The van der Waals surface area contributed by atoms with Gasteiger partial charge in [-0.3, -0.25) is 0 Å². The van der Waals surface area contributed by atoms with Crippen molar-refractivity contribution in [3.8, 4) is 0 Å². The smallest absolute Gasteiger partial charge is 0.00977 e. The fourth-order valence-electron chi connectivity index (χ4n) is 0.875. The van der Waals surface area contributed by atoms with Gasteiger partial charge < -0.3 is 0 Å². The molecule has 0 saturated heterocycles. The first-order chi connectivity index (χ1) is 5.50. The third-order valence-corrected chi connectivity index (χ3v) is 1.46. The lowest BCUT2D eigenvalue weighted by Crippen LogP contribution is -1.60. The van der Waals surface area contributed by atoms with Gasteiger partial charge in [0.1, 0.15) is 0 Å². The van der Waals surface area contributed by atoms with E-state index in [1.54, 1.807) is 0 Å². The van der Waals surface area contributed by atoms with Gasteiger partial charge in [-0.15, -0.1) is 0 Å². The Hall–Kier alpha value is -1.04. The highest BCUT2D eigenvalue weighted by molar-refractivity contribution is 5.07. The molecule has 0 atom stereocenters. The zero-order valence-electron chi connectivity index (χ0n) is 6.66. The first-order valence-corrected chi connectivity index (χ1v) is 4.02. The van der Waals surface area contributed by atoms with Crippen LogP contribution in [0.4, 0.5) is 0 Å². The van der Waals surface area contributed by atoms with Crippen molar-refractivity contribution in [3.63, 3.8) is 0 Å². The summed E-state index contributed by atoms with van der Waals surface area (Å²) in [6.07, 6.45) is 21.0. The molecule has 0 aromatic heterocycles. The second kappa shape index (κ2) is 5.72. The van der Waals surface area contributed by atoms with E-state index in [1.165, 1.54) is 0 Å². The van der Waals surface area contributed by atoms with Gasteiger partial charge in [-0.25, -0.2) is 0 Å². The lowest BCUT2D eigenvalue weighted by molar-refractivity contribution is 1.25. The Morgan fingerprint density at radius 2 is 1.64 bits per heavy atom. The molecule has 0 heterocycles. The fraction of sp³-hybridized carbons (Fsp3) is 0.273. The number of rotatable bonds is 0. The third-order valence-electron chi connectivity index (χ3n) is 1.46. The van der Waals surface area contributed by atoms with Gasteiger partial charge in [-0.05, 0) is 25.3 Å². The second-order valence-corrected chi connectivity index (χ2v) is 2.41. The number of hydrogen-bond acceptors (Lipinski definition) is 0. The summed E-state index contributed by atoms with van der Waals surface area (Å²) in [5.74, 6) is 0. The van der Waals surface area contributed by atoms with Gasteiger partial charge in [0.25, 0.3) is 0 Å². The van der Waals surface area contributed by atoms with E-state index < -0.39 is 0 Å². The minimum absolute atomic E-state index is 0.946. The Kier molecular flexibility index (Phi) is 4.19. The lowest BCUT2D eigenvalue weighted by atomic mass is 10.3. The summed E-state index contributed by atoms with van der Waals surface area (Å²) in [6.45, 7) is 0. The van der Waals surface area contributed by atoms with Crippen LogP contribution in [0, 0.1) is 6.08 Å². The first-order valence-electron chi connectivity index (χ1n) is 4.02. The van der Waals surface area contributed by atoms with Crippen molar-refractivity contribution in [2.45, 2.75) is 19.3 Å². The molecule has 0 unspecified atom stereocenters. The van der Waals surface area contributed by atoms with Crippen molar-refractivity contribution in [1.29, 1.82) is 0 Å². The van der Waals surface area contributed by atoms with E-state index in [-0.39, 0.29) is 0 Å². The van der Waals surface area contributed by atoms with Gasteiger partial charge in [0.05, 0.1) is 0 Å². The molecule has 0 nitrogen and oxygen atoms in total. The van der Waals surface area contributed by atoms with Crippen molar-refractivity contribution in [2.75, 3.05) is 0 Å². The van der Waals surface area contributed by atoms with Crippen molar-refractivity contribution >= 4 is 0 Å². The van der Waals surface area contributed by atoms with Crippen molar-refractivity contribution < 1.29 is 0 Å². The molecule has 1 radical (unpaired) electrons. The second-order valence-electron chi connectivity index (χ2n) is 2.41. The fourth-order valence-corrected chi connectivity index (χ4v) is 0.875. The van der Waals surface area contributed by atoms with Gasteiger partial charge in [0, 0.05) is 0 Å². The zero-order valence-corrected chi connectivity index (χ0v) is 6.66. The molecule has 0 heteroatoms. The minimum atomic E-state index is 0.946. The maximum absolute atomic E-state index is 3.19. The van der Waals surface area contributed by atoms with Crippen molar-refractivity contribution in [1.82, 2.24) is 0 Å². The molecule has 1 aliphatic carbocycles. The first kappa shape index (κ1) is 8.06. The molecule has 0 aromatic carbocycles. The molecule has 1 rings (SSSR count). The Morgan fingerprint density at radius 3 is 2.55 bits per heavy atom. The highest BCUT2D eigenvalue weighted by Crippen LogP contribution is 1.95. The Balaban J connectivity index is 2.47. The van der Waals surface area contributed by atoms with E-state index in [0.29, 0.717) is 0 Å². The molecule has 0 amide bonds. The predicted octanol–water partition coefficient (Wildman–Crippen LogP) is 3.20. The minimum Gasteiger partial charge on any atom is -0.0844 e. The molecule has 0 saturated carbocycles. The molecular weight excluding hydrogens is 132 g/mol. The van der Waals surface area contributed by atoms with Crippen LogP contribution in [0.2, 0.25) is 0 Å². The van der Waals surface area contributed by atoms with E-state index in [9.17, 15) is 0 Å². The lowest BCUT2D eigenvalue weighted by Gasteiger charge is -1.79. The van der Waals surface area contributed by atoms with E-state index in [1.807, 2.05) is 0 Å². The van der Waals surface area contributed by atoms with E-state index in [2.05, 4.69) is 48.6 Å². The quantitative estimate of drug-likeness (QED) is 0.459. The monoisotopic (exact) mass is 145 g/mol. The third kappa shape index (κ3) is 4.38. The largest absolute Gasteiger partial charge is 0.0844 e. The normalized spacial score (nSPS) is 18.2. The number of hydrogen-bond donors (Lipinski definition) is 0. The Labute approximate surface area is 68.6 Å². The molecule has 1 aliphatic rings. The molecule has 0 bridgehead atoms. The average Bonchev–Trinajstić information content (AvgIpc) is 2.08. The maximum Gasteiger partial charge on any atom is -0.00977 e. The van der Waals surface area contributed by atoms with Crippen LogP contribution in [-0.2, 0) is 0 Å². The molecule has 57 valence electrons. The summed E-state index contributed by atoms with van der Waals surface area (Å²) in [5.41, 5.74) is 0. The highest BCUT2D eigenvalue weighted by Gasteiger charge is 1.75. The van der Waals surface area contributed by atoms with Gasteiger partial charge in [-0.2, -0.15) is 0 Å². The molecule has 0 fully saturated rings. The molecule has 0 spiro atoms. The van der Waals surface area contributed by atoms with Gasteiger partial charge in [0.2, 0.25) is 0 Å². The summed E-state index contributed by atoms with van der Waals surface area (Å²) in [6, 6.07) is 0. The molecule has 0 aliphatic heterocycles. The summed E-state index contributed by atoms with van der Waals surface area (Å²) < 4.78 is 0. The van der Waals surface area contributed by atoms with Crippen molar-refractivity contribution in [3.05, 3.63) is 48.6 Å². The zero-order chi connectivity index (χ0) is 7.78. The Morgan fingerprint density at radius 1 is 0.818 bits per heavy atom. The van der Waals surface area contributed by atoms with E-state index >= 15 is 0 Å². The maximum atomic E-state index is 3.19. The van der Waals surface area contributed by atoms with E-state index in [0.717, 1.165) is 19.3 Å². The molecule has 0 N–H and O–H groups in total. The standard InChI is InChI=1S/C11H13/c1-2-4-6-8-10-11-9-7-5-3-1/h1-4,7-9H,5-6,11H2. The summed E-state index contributed by atoms with van der Waals surface area (Å²) in [5, 5.41) is 0.